The van der Waals surface area contributed by atoms with E-state index in [-0.39, 0.29) is 11.8 Å². The maximum atomic E-state index is 12.7. The molecule has 2 aromatic heterocycles. The standard InChI is InChI=1S/C17H17ClN4O2/c18-12-3-1-2-11-8-14(20-16(11)12)17(23)22-6-4-10(5-7-22)13-9-15(19)24-21-13/h1-3,8-10,20H,4-7,19H2. The largest absolute Gasteiger partial charge is 0.368 e. The zero-order valence-electron chi connectivity index (χ0n) is 13.0. The normalized spacial score (nSPS) is 16.0. The van der Waals surface area contributed by atoms with Gasteiger partial charge in [0.2, 0.25) is 5.88 Å². The summed E-state index contributed by atoms with van der Waals surface area (Å²) in [4.78, 5) is 17.7. The molecule has 3 aromatic rings. The van der Waals surface area contributed by atoms with Gasteiger partial charge >= 0.3 is 0 Å². The number of aromatic nitrogens is 2. The molecule has 0 atom stereocenters. The Hall–Kier alpha value is -2.47. The second-order valence-electron chi connectivity index (χ2n) is 6.11. The van der Waals surface area contributed by atoms with Gasteiger partial charge in [-0.3, -0.25) is 4.79 Å². The molecule has 0 saturated carbocycles. The number of carbonyl (C=O) groups excluding carboxylic acids is 1. The highest BCUT2D eigenvalue weighted by atomic mass is 35.5. The Morgan fingerprint density at radius 2 is 2.12 bits per heavy atom. The number of para-hydroxylation sites is 1. The number of halogens is 1. The number of likely N-dealkylation sites (tertiary alicyclic amines) is 1. The Bertz CT molecular complexity index is 893. The summed E-state index contributed by atoms with van der Waals surface area (Å²) in [6.45, 7) is 1.36. The number of H-pyrrole nitrogens is 1. The number of hydrogen-bond acceptors (Lipinski definition) is 4. The predicted molar refractivity (Wildman–Crippen MR) is 92.1 cm³/mol. The minimum absolute atomic E-state index is 0.000355. The first kappa shape index (κ1) is 15.1. The number of nitrogens with one attached hydrogen (secondary N) is 1. The van der Waals surface area contributed by atoms with Gasteiger partial charge in [0, 0.05) is 30.5 Å². The highest BCUT2D eigenvalue weighted by Crippen LogP contribution is 2.29. The third-order valence-corrected chi connectivity index (χ3v) is 4.90. The van der Waals surface area contributed by atoms with E-state index in [0.29, 0.717) is 29.7 Å². The van der Waals surface area contributed by atoms with Crippen molar-refractivity contribution in [3.63, 3.8) is 0 Å². The molecule has 1 aliphatic rings. The second-order valence-corrected chi connectivity index (χ2v) is 6.51. The first-order valence-corrected chi connectivity index (χ1v) is 8.28. The lowest BCUT2D eigenvalue weighted by molar-refractivity contribution is 0.0706. The number of amides is 1. The van der Waals surface area contributed by atoms with E-state index in [0.717, 1.165) is 29.4 Å². The minimum atomic E-state index is 0.000355. The number of nitrogens with zero attached hydrogens (tertiary/aromatic N) is 2. The van der Waals surface area contributed by atoms with E-state index in [9.17, 15) is 4.79 Å². The average molecular weight is 345 g/mol. The number of aromatic amines is 1. The zero-order chi connectivity index (χ0) is 16.7. The Kier molecular flexibility index (Phi) is 3.69. The number of fused-ring (bicyclic) bond motifs is 1. The maximum Gasteiger partial charge on any atom is 0.270 e. The van der Waals surface area contributed by atoms with Gasteiger partial charge in [-0.1, -0.05) is 28.9 Å². The van der Waals surface area contributed by atoms with E-state index < -0.39 is 0 Å². The fraction of sp³-hybridized carbons (Fsp3) is 0.294. The molecule has 24 heavy (non-hydrogen) atoms. The summed E-state index contributed by atoms with van der Waals surface area (Å²) < 4.78 is 4.94. The van der Waals surface area contributed by atoms with Crippen LogP contribution in [0.1, 0.15) is 34.9 Å². The lowest BCUT2D eigenvalue weighted by atomic mass is 9.93. The van der Waals surface area contributed by atoms with Gasteiger partial charge in [0.15, 0.2) is 0 Å². The number of carbonyl (C=O) groups is 1. The van der Waals surface area contributed by atoms with Crippen molar-refractivity contribution in [2.24, 2.45) is 0 Å². The molecule has 1 amide bonds. The van der Waals surface area contributed by atoms with Crippen LogP contribution in [0, 0.1) is 0 Å². The summed E-state index contributed by atoms with van der Waals surface area (Å²) in [5.74, 6) is 0.617. The highest BCUT2D eigenvalue weighted by molar-refractivity contribution is 6.35. The van der Waals surface area contributed by atoms with Crippen LogP contribution in [-0.4, -0.2) is 34.0 Å². The first-order chi connectivity index (χ1) is 11.6. The third kappa shape index (κ3) is 2.63. The molecule has 0 bridgehead atoms. The van der Waals surface area contributed by atoms with Gasteiger partial charge < -0.3 is 20.1 Å². The van der Waals surface area contributed by atoms with Crippen LogP contribution in [0.2, 0.25) is 5.02 Å². The summed E-state index contributed by atoms with van der Waals surface area (Å²) in [5.41, 5.74) is 7.82. The van der Waals surface area contributed by atoms with Crippen molar-refractivity contribution in [2.45, 2.75) is 18.8 Å². The number of anilines is 1. The number of piperidine rings is 1. The number of hydrogen-bond donors (Lipinski definition) is 2. The number of benzene rings is 1. The fourth-order valence-corrected chi connectivity index (χ4v) is 3.51. The van der Waals surface area contributed by atoms with Crippen LogP contribution in [-0.2, 0) is 0 Å². The molecule has 1 aliphatic heterocycles. The van der Waals surface area contributed by atoms with Crippen molar-refractivity contribution in [3.05, 3.63) is 46.7 Å². The molecule has 1 aromatic carbocycles. The zero-order valence-corrected chi connectivity index (χ0v) is 13.7. The van der Waals surface area contributed by atoms with Crippen LogP contribution in [0.4, 0.5) is 5.88 Å². The Balaban J connectivity index is 1.48. The summed E-state index contributed by atoms with van der Waals surface area (Å²) in [6.07, 6.45) is 1.69. The Labute approximate surface area is 143 Å². The van der Waals surface area contributed by atoms with E-state index in [4.69, 9.17) is 21.9 Å². The van der Waals surface area contributed by atoms with Gasteiger partial charge in [-0.2, -0.15) is 0 Å². The average Bonchev–Trinajstić information content (AvgIpc) is 3.21. The van der Waals surface area contributed by atoms with Crippen LogP contribution in [0.15, 0.2) is 34.9 Å². The van der Waals surface area contributed by atoms with Crippen molar-refractivity contribution in [2.75, 3.05) is 18.8 Å². The monoisotopic (exact) mass is 344 g/mol. The quantitative estimate of drug-likeness (QED) is 0.745. The molecule has 0 unspecified atom stereocenters. The van der Waals surface area contributed by atoms with E-state index >= 15 is 0 Å². The Morgan fingerprint density at radius 1 is 1.33 bits per heavy atom. The summed E-state index contributed by atoms with van der Waals surface area (Å²) >= 11 is 6.17. The van der Waals surface area contributed by atoms with Crippen molar-refractivity contribution >= 4 is 34.3 Å². The molecule has 4 rings (SSSR count). The molecule has 3 heterocycles. The van der Waals surface area contributed by atoms with Gasteiger partial charge in [-0.25, -0.2) is 0 Å². The number of nitrogen functional groups attached to an aromatic ring is 1. The van der Waals surface area contributed by atoms with Crippen LogP contribution in [0.25, 0.3) is 10.9 Å². The fourth-order valence-electron chi connectivity index (χ4n) is 3.28. The van der Waals surface area contributed by atoms with Crippen LogP contribution in [0.3, 0.4) is 0 Å². The van der Waals surface area contributed by atoms with Crippen molar-refractivity contribution in [1.29, 1.82) is 0 Å². The van der Waals surface area contributed by atoms with Crippen molar-refractivity contribution < 1.29 is 9.32 Å². The second kappa shape index (κ2) is 5.87. The van der Waals surface area contributed by atoms with Crippen LogP contribution < -0.4 is 5.73 Å². The number of nitrogens with two attached hydrogens (primary N) is 1. The third-order valence-electron chi connectivity index (χ3n) is 4.58. The van der Waals surface area contributed by atoms with E-state index in [2.05, 4.69) is 10.1 Å². The summed E-state index contributed by atoms with van der Waals surface area (Å²) in [7, 11) is 0. The highest BCUT2D eigenvalue weighted by Gasteiger charge is 2.27. The molecular weight excluding hydrogens is 328 g/mol. The van der Waals surface area contributed by atoms with E-state index in [1.807, 2.05) is 29.2 Å². The smallest absolute Gasteiger partial charge is 0.270 e. The van der Waals surface area contributed by atoms with Crippen LogP contribution >= 0.6 is 11.6 Å². The molecule has 0 spiro atoms. The van der Waals surface area contributed by atoms with Crippen LogP contribution in [0.5, 0.6) is 0 Å². The predicted octanol–water partition coefficient (Wildman–Crippen LogP) is 3.41. The van der Waals surface area contributed by atoms with Gasteiger partial charge in [0.05, 0.1) is 16.2 Å². The topological polar surface area (TPSA) is 88.1 Å². The van der Waals surface area contributed by atoms with Crippen molar-refractivity contribution in [3.8, 4) is 0 Å². The maximum absolute atomic E-state index is 12.7. The SMILES string of the molecule is Nc1cc(C2CCN(C(=O)c3cc4cccc(Cl)c4[nH]3)CC2)no1. The summed E-state index contributed by atoms with van der Waals surface area (Å²) in [6, 6.07) is 9.25. The minimum Gasteiger partial charge on any atom is -0.368 e. The van der Waals surface area contributed by atoms with Gasteiger partial charge in [0.1, 0.15) is 5.69 Å². The van der Waals surface area contributed by atoms with Gasteiger partial charge in [-0.05, 0) is 25.0 Å². The first-order valence-electron chi connectivity index (χ1n) is 7.90. The molecular formula is C17H17ClN4O2. The molecule has 1 fully saturated rings. The van der Waals surface area contributed by atoms with Crippen molar-refractivity contribution in [1.82, 2.24) is 15.0 Å². The molecule has 0 radical (unpaired) electrons. The van der Waals surface area contributed by atoms with Gasteiger partial charge in [0.25, 0.3) is 5.91 Å². The molecule has 7 heteroatoms. The molecule has 0 aliphatic carbocycles. The molecule has 3 N–H and O–H groups in total. The lowest BCUT2D eigenvalue weighted by Crippen LogP contribution is -2.38. The summed E-state index contributed by atoms with van der Waals surface area (Å²) in [5, 5.41) is 5.54. The number of rotatable bonds is 2. The Morgan fingerprint density at radius 3 is 2.79 bits per heavy atom. The van der Waals surface area contributed by atoms with E-state index in [1.54, 1.807) is 6.07 Å². The van der Waals surface area contributed by atoms with E-state index in [1.165, 1.54) is 0 Å². The molecule has 6 nitrogen and oxygen atoms in total. The lowest BCUT2D eigenvalue weighted by Gasteiger charge is -2.30. The molecule has 1 saturated heterocycles. The van der Waals surface area contributed by atoms with Gasteiger partial charge in [-0.15, -0.1) is 0 Å². The molecule has 124 valence electrons.